The van der Waals surface area contributed by atoms with E-state index < -0.39 is 11.4 Å². The molecular weight excluding hydrogens is 461 g/mol. The van der Waals surface area contributed by atoms with Gasteiger partial charge in [-0.2, -0.15) is 0 Å². The predicted octanol–water partition coefficient (Wildman–Crippen LogP) is 5.73. The Bertz CT molecular complexity index is 981. The Morgan fingerprint density at radius 2 is 1.91 bits per heavy atom. The van der Waals surface area contributed by atoms with E-state index in [0.717, 1.165) is 24.0 Å². The van der Waals surface area contributed by atoms with Crippen molar-refractivity contribution in [1.29, 1.82) is 0 Å². The number of carboxylic acid groups (broad SMARTS) is 1. The van der Waals surface area contributed by atoms with E-state index in [0.29, 0.717) is 16.5 Å². The van der Waals surface area contributed by atoms with Crippen molar-refractivity contribution in [2.24, 2.45) is 11.3 Å². The lowest BCUT2D eigenvalue weighted by Gasteiger charge is -2.46. The second kappa shape index (κ2) is 10.9. The van der Waals surface area contributed by atoms with Gasteiger partial charge in [-0.25, -0.2) is 0 Å². The van der Waals surface area contributed by atoms with Crippen LogP contribution in [0.5, 0.6) is 0 Å². The summed E-state index contributed by atoms with van der Waals surface area (Å²) in [4.78, 5) is 24.7. The number of carbonyl (C=O) groups is 2. The summed E-state index contributed by atoms with van der Waals surface area (Å²) in [6.45, 7) is 3.74. The van der Waals surface area contributed by atoms with Gasteiger partial charge in [-0.3, -0.25) is 9.59 Å². The molecule has 3 rings (SSSR count). The predicted molar refractivity (Wildman–Crippen MR) is 131 cm³/mol. The number of aliphatic carboxylic acids is 1. The number of piperidine rings is 1. The SMILES string of the molecule is COC(C)C(CCc1ccc(Cl)cc1)C1NC(=O)C(C)(CC(=O)O)CC1c1cccc(Cl)c1. The summed E-state index contributed by atoms with van der Waals surface area (Å²) in [5.41, 5.74) is 1.14. The smallest absolute Gasteiger partial charge is 0.304 e. The Kier molecular flexibility index (Phi) is 8.43. The summed E-state index contributed by atoms with van der Waals surface area (Å²) in [5, 5.41) is 13.9. The number of hydrogen-bond acceptors (Lipinski definition) is 3. The quantitative estimate of drug-likeness (QED) is 0.469. The number of aryl methyl sites for hydroxylation is 1. The molecule has 1 heterocycles. The number of carbonyl (C=O) groups excluding carboxylic acids is 1. The molecule has 178 valence electrons. The molecule has 2 N–H and O–H groups in total. The number of methoxy groups -OCH3 is 1. The minimum atomic E-state index is -1.01. The highest BCUT2D eigenvalue weighted by atomic mass is 35.5. The molecule has 1 aliphatic heterocycles. The van der Waals surface area contributed by atoms with E-state index in [9.17, 15) is 14.7 Å². The molecule has 1 aliphatic rings. The first kappa shape index (κ1) is 25.5. The number of halogens is 2. The molecule has 5 atom stereocenters. The first-order chi connectivity index (χ1) is 15.6. The van der Waals surface area contributed by atoms with Crippen molar-refractivity contribution in [1.82, 2.24) is 5.32 Å². The van der Waals surface area contributed by atoms with Crippen molar-refractivity contribution in [3.8, 4) is 0 Å². The topological polar surface area (TPSA) is 75.6 Å². The first-order valence-electron chi connectivity index (χ1n) is 11.2. The molecule has 2 aromatic carbocycles. The maximum Gasteiger partial charge on any atom is 0.304 e. The van der Waals surface area contributed by atoms with E-state index in [1.807, 2.05) is 55.5 Å². The van der Waals surface area contributed by atoms with Gasteiger partial charge in [0.25, 0.3) is 0 Å². The Morgan fingerprint density at radius 1 is 1.21 bits per heavy atom. The van der Waals surface area contributed by atoms with Crippen molar-refractivity contribution in [2.45, 2.75) is 57.6 Å². The zero-order valence-corrected chi connectivity index (χ0v) is 20.7. The van der Waals surface area contributed by atoms with Crippen LogP contribution in [0.1, 0.15) is 50.2 Å². The highest BCUT2D eigenvalue weighted by molar-refractivity contribution is 6.30. The minimum absolute atomic E-state index is 0.00740. The van der Waals surface area contributed by atoms with Crippen molar-refractivity contribution in [3.63, 3.8) is 0 Å². The molecule has 1 saturated heterocycles. The van der Waals surface area contributed by atoms with Crippen molar-refractivity contribution in [2.75, 3.05) is 7.11 Å². The first-order valence-corrected chi connectivity index (χ1v) is 11.9. The van der Waals surface area contributed by atoms with Gasteiger partial charge in [0.15, 0.2) is 0 Å². The Hall–Kier alpha value is -2.08. The maximum atomic E-state index is 13.2. The van der Waals surface area contributed by atoms with Gasteiger partial charge in [0.05, 0.1) is 17.9 Å². The van der Waals surface area contributed by atoms with Gasteiger partial charge >= 0.3 is 5.97 Å². The maximum absolute atomic E-state index is 13.2. The number of benzene rings is 2. The van der Waals surface area contributed by atoms with Crippen LogP contribution in [0.2, 0.25) is 10.0 Å². The van der Waals surface area contributed by atoms with E-state index in [2.05, 4.69) is 5.32 Å². The van der Waals surface area contributed by atoms with E-state index in [4.69, 9.17) is 27.9 Å². The van der Waals surface area contributed by atoms with E-state index in [1.54, 1.807) is 14.0 Å². The number of ether oxygens (including phenoxy) is 1. The molecule has 7 heteroatoms. The third kappa shape index (κ3) is 6.28. The summed E-state index contributed by atoms with van der Waals surface area (Å²) < 4.78 is 5.74. The standard InChI is InChI=1S/C26H31Cl2NO4/c1-16(33-3)21(12-9-17-7-10-19(27)11-8-17)24-22(18-5-4-6-20(28)13-18)14-26(2,15-23(30)31)25(32)29-24/h4-8,10-11,13,16,21-22,24H,9,12,14-15H2,1-3H3,(H,29,32)(H,30,31). The molecule has 1 amide bonds. The van der Waals surface area contributed by atoms with E-state index >= 15 is 0 Å². The van der Waals surface area contributed by atoms with Gasteiger partial charge < -0.3 is 15.2 Å². The van der Waals surface area contributed by atoms with Crippen molar-refractivity contribution < 1.29 is 19.4 Å². The number of nitrogens with one attached hydrogen (secondary N) is 1. The summed E-state index contributed by atoms with van der Waals surface area (Å²) in [6.07, 6.45) is 1.67. The van der Waals surface area contributed by atoms with E-state index in [1.165, 1.54) is 0 Å². The van der Waals surface area contributed by atoms with Crippen LogP contribution in [0.25, 0.3) is 0 Å². The molecular formula is C26H31Cl2NO4. The largest absolute Gasteiger partial charge is 0.481 e. The normalized spacial score (nSPS) is 24.7. The fraction of sp³-hybridized carbons (Fsp3) is 0.462. The van der Waals surface area contributed by atoms with Crippen LogP contribution in [0, 0.1) is 11.3 Å². The van der Waals surface area contributed by atoms with Crippen molar-refractivity contribution >= 4 is 35.1 Å². The number of amides is 1. The number of rotatable bonds is 9. The van der Waals surface area contributed by atoms with Crippen molar-refractivity contribution in [3.05, 3.63) is 69.7 Å². The van der Waals surface area contributed by atoms with Gasteiger partial charge in [-0.05, 0) is 61.6 Å². The monoisotopic (exact) mass is 491 g/mol. The lowest BCUT2D eigenvalue weighted by Crippen LogP contribution is -2.58. The second-order valence-corrected chi connectivity index (χ2v) is 10.1. The van der Waals surface area contributed by atoms with Gasteiger partial charge in [0.1, 0.15) is 0 Å². The lowest BCUT2D eigenvalue weighted by molar-refractivity contribution is -0.148. The zero-order chi connectivity index (χ0) is 24.2. The lowest BCUT2D eigenvalue weighted by atomic mass is 9.66. The fourth-order valence-corrected chi connectivity index (χ4v) is 5.28. The van der Waals surface area contributed by atoms with Crippen LogP contribution >= 0.6 is 23.2 Å². The molecule has 0 bridgehead atoms. The Labute approximate surface area is 205 Å². The molecule has 0 aromatic heterocycles. The molecule has 2 aromatic rings. The Morgan fingerprint density at radius 3 is 2.52 bits per heavy atom. The van der Waals surface area contributed by atoms with Crippen LogP contribution in [0.4, 0.5) is 0 Å². The van der Waals surface area contributed by atoms with Crippen LogP contribution in [-0.2, 0) is 20.7 Å². The molecule has 1 fully saturated rings. The average Bonchev–Trinajstić information content (AvgIpc) is 2.76. The third-order valence-corrected chi connectivity index (χ3v) is 7.37. The second-order valence-electron chi connectivity index (χ2n) is 9.27. The summed E-state index contributed by atoms with van der Waals surface area (Å²) in [7, 11) is 1.67. The van der Waals surface area contributed by atoms with Gasteiger partial charge in [0, 0.05) is 35.0 Å². The van der Waals surface area contributed by atoms with Crippen LogP contribution in [-0.4, -0.2) is 36.2 Å². The molecule has 0 radical (unpaired) electrons. The summed E-state index contributed by atoms with van der Waals surface area (Å²) >= 11 is 12.3. The molecule has 33 heavy (non-hydrogen) atoms. The Balaban J connectivity index is 1.95. The highest BCUT2D eigenvalue weighted by Crippen LogP contribution is 2.44. The number of carboxylic acids is 1. The summed E-state index contributed by atoms with van der Waals surface area (Å²) in [5.74, 6) is -1.31. The highest BCUT2D eigenvalue weighted by Gasteiger charge is 2.48. The molecule has 0 saturated carbocycles. The molecule has 0 aliphatic carbocycles. The van der Waals surface area contributed by atoms with E-state index in [-0.39, 0.29) is 36.3 Å². The van der Waals surface area contributed by atoms with Gasteiger partial charge in [-0.15, -0.1) is 0 Å². The van der Waals surface area contributed by atoms with Crippen LogP contribution in [0.15, 0.2) is 48.5 Å². The molecule has 0 spiro atoms. The van der Waals surface area contributed by atoms with Crippen LogP contribution < -0.4 is 5.32 Å². The minimum Gasteiger partial charge on any atom is -0.481 e. The average molecular weight is 492 g/mol. The van der Waals surface area contributed by atoms with Crippen LogP contribution in [0.3, 0.4) is 0 Å². The van der Waals surface area contributed by atoms with Gasteiger partial charge in [-0.1, -0.05) is 54.4 Å². The van der Waals surface area contributed by atoms with Gasteiger partial charge in [0.2, 0.25) is 5.91 Å². The number of hydrogen-bond donors (Lipinski definition) is 2. The zero-order valence-electron chi connectivity index (χ0n) is 19.2. The third-order valence-electron chi connectivity index (χ3n) is 6.88. The molecule has 5 unspecified atom stereocenters. The summed E-state index contributed by atoms with van der Waals surface area (Å²) in [6, 6.07) is 15.2. The fourth-order valence-electron chi connectivity index (χ4n) is 4.95. The molecule has 5 nitrogen and oxygen atoms in total.